The van der Waals surface area contributed by atoms with Crippen LogP contribution in [-0.2, 0) is 4.74 Å². The van der Waals surface area contributed by atoms with Crippen LogP contribution < -0.4 is 16.0 Å². The number of piperazine rings is 1. The molecule has 9 nitrogen and oxygen atoms in total. The molecule has 1 saturated heterocycles. The van der Waals surface area contributed by atoms with Crippen LogP contribution in [-0.4, -0.2) is 58.7 Å². The number of nitrogens with two attached hydrogens (primary N) is 1. The lowest BCUT2D eigenvalue weighted by Crippen LogP contribution is -2.49. The summed E-state index contributed by atoms with van der Waals surface area (Å²) in [6.07, 6.45) is 2.69. The zero-order valence-electron chi connectivity index (χ0n) is 14.4. The molecule has 0 aliphatic carbocycles. The molecule has 138 valence electrons. The lowest BCUT2D eigenvalue weighted by atomic mass is 10.3. The molecule has 1 aliphatic heterocycles. The highest BCUT2D eigenvalue weighted by molar-refractivity contribution is 6.30. The highest BCUT2D eigenvalue weighted by Gasteiger charge is 2.24. The van der Waals surface area contributed by atoms with E-state index in [0.717, 1.165) is 0 Å². The fraction of sp³-hybridized carbons (Fsp3) is 0.375. The summed E-state index contributed by atoms with van der Waals surface area (Å²) in [5, 5.41) is 3.61. The fourth-order valence-corrected chi connectivity index (χ4v) is 2.74. The molecule has 1 fully saturated rings. The van der Waals surface area contributed by atoms with E-state index >= 15 is 0 Å². The Morgan fingerprint density at radius 1 is 1.27 bits per heavy atom. The quantitative estimate of drug-likeness (QED) is 0.833. The van der Waals surface area contributed by atoms with Gasteiger partial charge in [0.05, 0.1) is 11.6 Å². The lowest BCUT2D eigenvalue weighted by molar-refractivity contribution is 0.105. The number of rotatable bonds is 4. The van der Waals surface area contributed by atoms with Gasteiger partial charge in [-0.25, -0.2) is 19.7 Å². The highest BCUT2D eigenvalue weighted by atomic mass is 35.5. The van der Waals surface area contributed by atoms with E-state index in [-0.39, 0.29) is 6.09 Å². The Morgan fingerprint density at radius 2 is 2.04 bits per heavy atom. The van der Waals surface area contributed by atoms with E-state index in [2.05, 4.69) is 20.3 Å². The zero-order chi connectivity index (χ0) is 18.5. The van der Waals surface area contributed by atoms with Crippen molar-refractivity contribution in [2.75, 3.05) is 48.7 Å². The number of anilines is 4. The Balaban J connectivity index is 1.70. The monoisotopic (exact) mass is 377 g/mol. The van der Waals surface area contributed by atoms with Gasteiger partial charge in [-0.3, -0.25) is 0 Å². The maximum Gasteiger partial charge on any atom is 0.409 e. The second-order valence-electron chi connectivity index (χ2n) is 5.62. The number of nitrogens with zero attached hydrogens (tertiary/aromatic N) is 5. The van der Waals surface area contributed by atoms with E-state index in [0.29, 0.717) is 60.9 Å². The molecule has 0 unspecified atom stereocenters. The predicted molar refractivity (Wildman–Crippen MR) is 99.8 cm³/mol. The topological polar surface area (TPSA) is 110 Å². The van der Waals surface area contributed by atoms with Crippen LogP contribution in [0.3, 0.4) is 0 Å². The van der Waals surface area contributed by atoms with Crippen LogP contribution in [0.5, 0.6) is 0 Å². The van der Waals surface area contributed by atoms with Gasteiger partial charge in [0.2, 0.25) is 0 Å². The lowest BCUT2D eigenvalue weighted by Gasteiger charge is -2.35. The first kappa shape index (κ1) is 18.0. The number of nitrogen functional groups attached to an aromatic ring is 1. The van der Waals surface area contributed by atoms with Gasteiger partial charge >= 0.3 is 6.09 Å². The standard InChI is InChI=1S/C16H20ClN7O2/c1-2-26-16(25)24-7-5-23(6-8-24)15-13(18)14(20-10-21-15)22-12-4-3-11(17)9-19-12/h3-4,9-10H,2,5-8,18H2,1H3,(H,19,20,21,22). The van der Waals surface area contributed by atoms with Gasteiger partial charge in [0.15, 0.2) is 11.6 Å². The summed E-state index contributed by atoms with van der Waals surface area (Å²) in [7, 11) is 0. The van der Waals surface area contributed by atoms with Gasteiger partial charge in [0.25, 0.3) is 0 Å². The molecule has 10 heteroatoms. The van der Waals surface area contributed by atoms with Crippen LogP contribution in [0, 0.1) is 0 Å². The van der Waals surface area contributed by atoms with Crippen LogP contribution in [0.25, 0.3) is 0 Å². The predicted octanol–water partition coefficient (Wildman–Crippen LogP) is 2.13. The SMILES string of the molecule is CCOC(=O)N1CCN(c2ncnc(Nc3ccc(Cl)cn3)c2N)CC1. The third kappa shape index (κ3) is 4.05. The summed E-state index contributed by atoms with van der Waals surface area (Å²) >= 11 is 5.84. The van der Waals surface area contributed by atoms with Gasteiger partial charge in [-0.1, -0.05) is 11.6 Å². The van der Waals surface area contributed by atoms with Gasteiger partial charge in [-0.15, -0.1) is 0 Å². The number of halogens is 1. The van der Waals surface area contributed by atoms with Crippen LogP contribution in [0.15, 0.2) is 24.7 Å². The molecule has 0 spiro atoms. The van der Waals surface area contributed by atoms with Crippen molar-refractivity contribution in [3.8, 4) is 0 Å². The summed E-state index contributed by atoms with van der Waals surface area (Å²) in [6, 6.07) is 3.46. The van der Waals surface area contributed by atoms with Crippen molar-refractivity contribution in [1.29, 1.82) is 0 Å². The summed E-state index contributed by atoms with van der Waals surface area (Å²) in [6.45, 7) is 4.47. The smallest absolute Gasteiger partial charge is 0.409 e. The van der Waals surface area contributed by atoms with Crippen molar-refractivity contribution < 1.29 is 9.53 Å². The summed E-state index contributed by atoms with van der Waals surface area (Å²) in [5.41, 5.74) is 6.67. The molecule has 1 aliphatic rings. The largest absolute Gasteiger partial charge is 0.450 e. The van der Waals surface area contributed by atoms with Gasteiger partial charge in [-0.2, -0.15) is 0 Å². The van der Waals surface area contributed by atoms with E-state index in [1.807, 2.05) is 4.90 Å². The molecule has 3 heterocycles. The summed E-state index contributed by atoms with van der Waals surface area (Å²) in [4.78, 5) is 28.2. The van der Waals surface area contributed by atoms with Gasteiger partial charge in [0, 0.05) is 32.4 Å². The number of hydrogen-bond donors (Lipinski definition) is 2. The minimum atomic E-state index is -0.293. The number of carbonyl (C=O) groups excluding carboxylic acids is 1. The first-order chi connectivity index (χ1) is 12.6. The molecule has 3 rings (SSSR count). The van der Waals surface area contributed by atoms with Gasteiger partial charge in [0.1, 0.15) is 17.8 Å². The Kier molecular flexibility index (Phi) is 5.57. The van der Waals surface area contributed by atoms with E-state index in [9.17, 15) is 4.79 Å². The van der Waals surface area contributed by atoms with Crippen LogP contribution in [0.2, 0.25) is 5.02 Å². The molecule has 26 heavy (non-hydrogen) atoms. The number of nitrogens with one attached hydrogen (secondary N) is 1. The third-order valence-electron chi connectivity index (χ3n) is 3.94. The van der Waals surface area contributed by atoms with E-state index in [4.69, 9.17) is 22.1 Å². The van der Waals surface area contributed by atoms with Crippen molar-refractivity contribution in [1.82, 2.24) is 19.9 Å². The van der Waals surface area contributed by atoms with Crippen LogP contribution in [0.1, 0.15) is 6.92 Å². The molecule has 0 bridgehead atoms. The number of hydrogen-bond acceptors (Lipinski definition) is 8. The highest BCUT2D eigenvalue weighted by Crippen LogP contribution is 2.28. The molecule has 3 N–H and O–H groups in total. The number of ether oxygens (including phenoxy) is 1. The van der Waals surface area contributed by atoms with E-state index in [1.165, 1.54) is 12.5 Å². The molecular weight excluding hydrogens is 358 g/mol. The van der Waals surface area contributed by atoms with Crippen molar-refractivity contribution >= 4 is 40.8 Å². The van der Waals surface area contributed by atoms with Crippen molar-refractivity contribution in [2.24, 2.45) is 0 Å². The van der Waals surface area contributed by atoms with E-state index in [1.54, 1.807) is 24.0 Å². The Labute approximate surface area is 156 Å². The first-order valence-electron chi connectivity index (χ1n) is 8.24. The van der Waals surface area contributed by atoms with E-state index < -0.39 is 0 Å². The number of carbonyl (C=O) groups is 1. The molecular formula is C16H20ClN7O2. The minimum absolute atomic E-state index is 0.293. The maximum absolute atomic E-state index is 11.8. The van der Waals surface area contributed by atoms with Gasteiger partial charge < -0.3 is 25.6 Å². The fourth-order valence-electron chi connectivity index (χ4n) is 2.62. The van der Waals surface area contributed by atoms with Crippen molar-refractivity contribution in [3.63, 3.8) is 0 Å². The second-order valence-corrected chi connectivity index (χ2v) is 6.06. The number of aromatic nitrogens is 3. The average Bonchev–Trinajstić information content (AvgIpc) is 2.66. The maximum atomic E-state index is 11.8. The Bertz CT molecular complexity index is 764. The Morgan fingerprint density at radius 3 is 2.69 bits per heavy atom. The first-order valence-corrected chi connectivity index (χ1v) is 8.62. The Hall–Kier alpha value is -2.81. The number of amides is 1. The molecule has 0 aromatic carbocycles. The molecule has 1 amide bonds. The second kappa shape index (κ2) is 8.05. The summed E-state index contributed by atoms with van der Waals surface area (Å²) < 4.78 is 5.03. The minimum Gasteiger partial charge on any atom is -0.450 e. The number of pyridine rings is 1. The molecule has 2 aromatic rings. The van der Waals surface area contributed by atoms with Gasteiger partial charge in [-0.05, 0) is 19.1 Å². The summed E-state index contributed by atoms with van der Waals surface area (Å²) in [5.74, 6) is 1.68. The normalized spacial score (nSPS) is 14.2. The molecule has 0 atom stereocenters. The van der Waals surface area contributed by atoms with Crippen molar-refractivity contribution in [3.05, 3.63) is 29.7 Å². The molecule has 0 radical (unpaired) electrons. The van der Waals surface area contributed by atoms with Crippen LogP contribution >= 0.6 is 11.6 Å². The third-order valence-corrected chi connectivity index (χ3v) is 4.17. The molecule has 0 saturated carbocycles. The van der Waals surface area contributed by atoms with Crippen LogP contribution in [0.4, 0.5) is 27.9 Å². The molecule has 2 aromatic heterocycles. The average molecular weight is 378 g/mol. The zero-order valence-corrected chi connectivity index (χ0v) is 15.1. The van der Waals surface area contributed by atoms with Crippen molar-refractivity contribution in [2.45, 2.75) is 6.92 Å².